The lowest BCUT2D eigenvalue weighted by atomic mass is 10.1. The van der Waals surface area contributed by atoms with E-state index in [1.54, 1.807) is 12.1 Å². The number of hydrogen-bond donors (Lipinski definition) is 0. The van der Waals surface area contributed by atoms with Gasteiger partial charge in [0.1, 0.15) is 11.5 Å². The molecule has 0 aliphatic carbocycles. The largest absolute Gasteiger partial charge is 0.453 e. The molecule has 0 saturated heterocycles. The first-order valence-corrected chi connectivity index (χ1v) is 19.7. The number of aromatic nitrogens is 4. The Morgan fingerprint density at radius 1 is 0.606 bits per heavy atom. The van der Waals surface area contributed by atoms with Crippen LogP contribution in [0.1, 0.15) is 70.5 Å². The van der Waals surface area contributed by atoms with Crippen molar-refractivity contribution in [2.45, 2.75) is 52.0 Å². The molecule has 0 radical (unpaired) electrons. The second-order valence-electron chi connectivity index (χ2n) is 13.8. The van der Waals surface area contributed by atoms with E-state index < -0.39 is 96.5 Å². The molecule has 0 atom stereocenters. The minimum absolute atomic E-state index is 0.0378. The fourth-order valence-corrected chi connectivity index (χ4v) is 6.32. The molecule has 6 aromatic rings. The van der Waals surface area contributed by atoms with Gasteiger partial charge in [-0.1, -0.05) is 35.3 Å². The molecule has 0 spiro atoms. The molecule has 0 N–H and O–H groups in total. The quantitative estimate of drug-likeness (QED) is 0.0624. The fourth-order valence-electron chi connectivity index (χ4n) is 5.95. The molecule has 66 heavy (non-hydrogen) atoms. The summed E-state index contributed by atoms with van der Waals surface area (Å²) in [5, 5.41) is 26.2. The number of carbonyl (C=O) groups is 2. The van der Waals surface area contributed by atoms with Gasteiger partial charge in [0.05, 0.1) is 57.5 Å². The van der Waals surface area contributed by atoms with Crippen molar-refractivity contribution in [3.8, 4) is 35.1 Å². The summed E-state index contributed by atoms with van der Waals surface area (Å²) in [4.78, 5) is 50.0. The Labute approximate surface area is 378 Å². The maximum atomic E-state index is 15.6. The zero-order valence-electron chi connectivity index (χ0n) is 33.5. The Kier molecular flexibility index (Phi) is 15.4. The third-order valence-corrected chi connectivity index (χ3v) is 9.73. The van der Waals surface area contributed by atoms with Crippen molar-refractivity contribution in [3.63, 3.8) is 0 Å². The van der Waals surface area contributed by atoms with Gasteiger partial charge < -0.3 is 18.9 Å². The number of nitrogens with zero attached hydrogens (tertiary/aromatic N) is 6. The summed E-state index contributed by atoms with van der Waals surface area (Å²) in [5.74, 6) is -5.45. The average molecular weight is 954 g/mol. The van der Waals surface area contributed by atoms with E-state index in [0.717, 1.165) is 57.9 Å². The summed E-state index contributed by atoms with van der Waals surface area (Å²) in [6.45, 7) is -1.41. The number of halogens is 8. The number of rotatable bonds is 17. The average Bonchev–Trinajstić information content (AvgIpc) is 3.30. The predicted molar refractivity (Wildman–Crippen MR) is 219 cm³/mol. The summed E-state index contributed by atoms with van der Waals surface area (Å²) < 4.78 is 107. The number of esters is 2. The molecule has 0 unspecified atom stereocenters. The van der Waals surface area contributed by atoms with Gasteiger partial charge in [0.2, 0.25) is 0 Å². The van der Waals surface area contributed by atoms with E-state index in [9.17, 15) is 47.3 Å². The van der Waals surface area contributed by atoms with E-state index >= 15 is 8.78 Å². The van der Waals surface area contributed by atoms with Crippen molar-refractivity contribution in [1.82, 2.24) is 19.6 Å². The molecule has 6 rings (SSSR count). The van der Waals surface area contributed by atoms with Gasteiger partial charge in [-0.3, -0.25) is 19.2 Å². The van der Waals surface area contributed by atoms with Crippen molar-refractivity contribution >= 4 is 35.1 Å². The van der Waals surface area contributed by atoms with Gasteiger partial charge >= 0.3 is 11.9 Å². The van der Waals surface area contributed by atoms with Crippen LogP contribution in [0.25, 0.3) is 0 Å². The zero-order chi connectivity index (χ0) is 47.7. The Morgan fingerprint density at radius 2 is 1.00 bits per heavy atom. The maximum absolute atomic E-state index is 15.6. The zero-order valence-corrected chi connectivity index (χ0v) is 35.0. The third kappa shape index (κ3) is 12.1. The first kappa shape index (κ1) is 47.8. The van der Waals surface area contributed by atoms with Gasteiger partial charge in [-0.25, -0.2) is 26.3 Å². The second-order valence-corrected chi connectivity index (χ2v) is 14.6. The molecule has 0 amide bonds. The summed E-state index contributed by atoms with van der Waals surface area (Å²) in [5.41, 5.74) is -2.64. The van der Waals surface area contributed by atoms with Gasteiger partial charge in [0.25, 0.3) is 24.0 Å². The fraction of sp³-hybridized carbons (Fsp3) is 0.182. The lowest BCUT2D eigenvalue weighted by Gasteiger charge is -2.13. The Hall–Kier alpha value is -7.68. The monoisotopic (exact) mass is 952 g/mol. The number of nitriles is 2. The summed E-state index contributed by atoms with van der Waals surface area (Å²) in [7, 11) is 0. The van der Waals surface area contributed by atoms with Gasteiger partial charge in [-0.2, -0.15) is 30.1 Å². The highest BCUT2D eigenvalue weighted by Crippen LogP contribution is 2.38. The highest BCUT2D eigenvalue weighted by atomic mass is 35.5. The lowest BCUT2D eigenvalue weighted by molar-refractivity contribution is -0.155. The van der Waals surface area contributed by atoms with Crippen LogP contribution in [-0.4, -0.2) is 31.5 Å². The minimum Gasteiger partial charge on any atom is -0.453 e. The van der Waals surface area contributed by atoms with E-state index in [1.807, 2.05) is 0 Å². The third-order valence-electron chi connectivity index (χ3n) is 9.13. The van der Waals surface area contributed by atoms with Crippen LogP contribution < -0.4 is 20.6 Å². The normalized spacial score (nSPS) is 11.0. The van der Waals surface area contributed by atoms with Crippen molar-refractivity contribution in [2.24, 2.45) is 0 Å². The summed E-state index contributed by atoms with van der Waals surface area (Å²) in [6.07, 6.45) is -7.44. The van der Waals surface area contributed by atoms with E-state index in [1.165, 1.54) is 36.4 Å². The van der Waals surface area contributed by atoms with Gasteiger partial charge in [0, 0.05) is 36.1 Å². The van der Waals surface area contributed by atoms with Crippen LogP contribution in [0.3, 0.4) is 0 Å². The lowest BCUT2D eigenvalue weighted by Crippen LogP contribution is -2.26. The molecule has 22 heteroatoms. The van der Waals surface area contributed by atoms with E-state index in [-0.39, 0.29) is 68.0 Å². The number of ether oxygens (including phenoxy) is 4. The van der Waals surface area contributed by atoms with Crippen molar-refractivity contribution < 1.29 is 54.9 Å². The minimum atomic E-state index is -2.94. The number of benzene rings is 4. The van der Waals surface area contributed by atoms with Crippen LogP contribution >= 0.6 is 23.2 Å². The molecule has 0 aliphatic rings. The maximum Gasteiger partial charge on any atom is 0.308 e. The smallest absolute Gasteiger partial charge is 0.308 e. The van der Waals surface area contributed by atoms with Crippen LogP contribution in [0.5, 0.6) is 23.0 Å². The number of alkyl halides is 4. The first-order chi connectivity index (χ1) is 31.5. The molecule has 0 aliphatic heterocycles. The second kappa shape index (κ2) is 21.3. The molecule has 2 heterocycles. The van der Waals surface area contributed by atoms with Gasteiger partial charge in [-0.15, -0.1) is 0 Å². The standard InChI is InChI=1S/C44H28Cl2F6N6O8/c45-33-5-1-25(39(47)41(33)65-31-13-23(19-53)11-27(17-31)43(49)50)15-29-3-7-35(59)57(55-29)21-63-37(61)9-10-38(62)64-22-58-36(60)8-4-30(56-58)16-26-2-6-34(46)42(40(26)48)66-32-14-24(20-54)12-28(18-32)44(51)52/h1-8,11-14,17-18,43-44H,9-10,15-16,21-22H2. The summed E-state index contributed by atoms with van der Waals surface area (Å²) >= 11 is 12.3. The van der Waals surface area contributed by atoms with Crippen LogP contribution in [-0.2, 0) is 45.4 Å². The Balaban J connectivity index is 1.02. The van der Waals surface area contributed by atoms with Crippen molar-refractivity contribution in [2.75, 3.05) is 0 Å². The van der Waals surface area contributed by atoms with Crippen LogP contribution in [0.2, 0.25) is 10.0 Å². The summed E-state index contributed by atoms with van der Waals surface area (Å²) in [6, 6.07) is 19.4. The molecule has 0 saturated carbocycles. The molecular formula is C44H28Cl2F6N6O8. The highest BCUT2D eigenvalue weighted by molar-refractivity contribution is 6.32. The SMILES string of the molecule is N#Cc1cc(Oc2c(Cl)ccc(Cc3ccc(=O)n(COC(=O)CCC(=O)OCn4nc(Cc5ccc(Cl)c(Oc6cc(C#N)cc(C(F)F)c6)c5F)ccc4=O)n3)c2F)cc(C(F)F)c1. The molecule has 0 bridgehead atoms. The van der Waals surface area contributed by atoms with Crippen LogP contribution in [0.4, 0.5) is 26.3 Å². The van der Waals surface area contributed by atoms with E-state index in [4.69, 9.17) is 42.1 Å². The Bertz CT molecular complexity index is 2840. The van der Waals surface area contributed by atoms with E-state index in [2.05, 4.69) is 10.2 Å². The molecular weight excluding hydrogens is 925 g/mol. The molecule has 4 aromatic carbocycles. The Morgan fingerprint density at radius 3 is 1.36 bits per heavy atom. The predicted octanol–water partition coefficient (Wildman–Crippen LogP) is 9.25. The number of carbonyl (C=O) groups excluding carboxylic acids is 2. The molecule has 0 fully saturated rings. The van der Waals surface area contributed by atoms with Crippen LogP contribution in [0, 0.1) is 34.3 Å². The topological polar surface area (TPSA) is 188 Å². The molecule has 2 aromatic heterocycles. The van der Waals surface area contributed by atoms with Crippen molar-refractivity contribution in [1.29, 1.82) is 10.5 Å². The number of hydrogen-bond acceptors (Lipinski definition) is 12. The van der Waals surface area contributed by atoms with Crippen molar-refractivity contribution in [3.05, 3.63) is 172 Å². The van der Waals surface area contributed by atoms with E-state index in [0.29, 0.717) is 0 Å². The first-order valence-electron chi connectivity index (χ1n) is 18.9. The molecule has 14 nitrogen and oxygen atoms in total. The van der Waals surface area contributed by atoms with Crippen LogP contribution in [0.15, 0.2) is 94.5 Å². The van der Waals surface area contributed by atoms with Gasteiger partial charge in [0.15, 0.2) is 36.6 Å². The molecule has 338 valence electrons. The van der Waals surface area contributed by atoms with Gasteiger partial charge in [-0.05, 0) is 71.8 Å². The highest BCUT2D eigenvalue weighted by Gasteiger charge is 2.21.